The third-order valence-electron chi connectivity index (χ3n) is 5.35. The quantitative estimate of drug-likeness (QED) is 0.406. The van der Waals surface area contributed by atoms with Gasteiger partial charge in [-0.3, -0.25) is 0 Å². The lowest BCUT2D eigenvalue weighted by atomic mass is 9.87. The third kappa shape index (κ3) is 3.86. The van der Waals surface area contributed by atoms with Gasteiger partial charge >= 0.3 is 5.97 Å². The number of fused-ring (bicyclic) bond motifs is 1. The van der Waals surface area contributed by atoms with E-state index in [-0.39, 0.29) is 11.4 Å². The predicted octanol–water partition coefficient (Wildman–Crippen LogP) is 5.84. The maximum Gasteiger partial charge on any atom is 0.337 e. The summed E-state index contributed by atoms with van der Waals surface area (Å²) >= 11 is 0. The monoisotopic (exact) mass is 398 g/mol. The Hall–Kier alpha value is -3.40. The van der Waals surface area contributed by atoms with Gasteiger partial charge < -0.3 is 9.30 Å². The molecule has 0 aliphatic carbocycles. The van der Waals surface area contributed by atoms with Crippen molar-refractivity contribution in [2.24, 2.45) is 0 Å². The van der Waals surface area contributed by atoms with E-state index < -0.39 is 0 Å². The molecule has 0 atom stereocenters. The molecule has 4 rings (SSSR count). The van der Waals surface area contributed by atoms with Gasteiger partial charge in [-0.05, 0) is 40.8 Å². The number of nitrogens with zero attached hydrogens (tertiary/aromatic N) is 2. The van der Waals surface area contributed by atoms with Crippen molar-refractivity contribution in [3.8, 4) is 11.4 Å². The largest absolute Gasteiger partial charge is 0.465 e. The Morgan fingerprint density at radius 3 is 2.40 bits per heavy atom. The minimum Gasteiger partial charge on any atom is -0.465 e. The molecular formula is C26H26N2O2. The number of para-hydroxylation sites is 2. The molecule has 0 N–H and O–H groups in total. The Kier molecular flexibility index (Phi) is 5.17. The van der Waals surface area contributed by atoms with Crippen molar-refractivity contribution in [2.75, 3.05) is 7.11 Å². The number of hydrogen-bond acceptors (Lipinski definition) is 3. The maximum absolute atomic E-state index is 11.9. The smallest absolute Gasteiger partial charge is 0.337 e. The fraction of sp³-hybridized carbons (Fsp3) is 0.231. The second-order valence-electron chi connectivity index (χ2n) is 8.53. The summed E-state index contributed by atoms with van der Waals surface area (Å²) in [5.41, 5.74) is 6.06. The van der Waals surface area contributed by atoms with Crippen molar-refractivity contribution in [1.29, 1.82) is 0 Å². The molecule has 0 spiro atoms. The van der Waals surface area contributed by atoms with Crippen LogP contribution in [0.2, 0.25) is 0 Å². The zero-order valence-electron chi connectivity index (χ0n) is 17.8. The van der Waals surface area contributed by atoms with Crippen LogP contribution in [0.1, 0.15) is 42.3 Å². The second kappa shape index (κ2) is 7.79. The summed E-state index contributed by atoms with van der Waals surface area (Å²) in [6.45, 7) is 7.25. The number of esters is 1. The Bertz CT molecular complexity index is 1200. The molecule has 0 bridgehead atoms. The summed E-state index contributed by atoms with van der Waals surface area (Å²) in [5, 5.41) is 0. The first kappa shape index (κ1) is 19.9. The minimum atomic E-state index is -0.328. The van der Waals surface area contributed by atoms with Crippen LogP contribution in [0.25, 0.3) is 22.4 Å². The molecule has 0 saturated heterocycles. The number of carbonyl (C=O) groups excluding carboxylic acids is 1. The van der Waals surface area contributed by atoms with E-state index in [4.69, 9.17) is 9.72 Å². The van der Waals surface area contributed by atoms with Crippen LogP contribution >= 0.6 is 0 Å². The number of aromatic nitrogens is 2. The number of imidazole rings is 1. The molecule has 4 aromatic rings. The molecule has 1 heterocycles. The van der Waals surface area contributed by atoms with Gasteiger partial charge in [0.25, 0.3) is 0 Å². The van der Waals surface area contributed by atoms with Crippen molar-refractivity contribution < 1.29 is 9.53 Å². The zero-order valence-corrected chi connectivity index (χ0v) is 17.8. The number of hydrogen-bond donors (Lipinski definition) is 0. The summed E-state index contributed by atoms with van der Waals surface area (Å²) in [6, 6.07) is 24.3. The highest BCUT2D eigenvalue weighted by Crippen LogP contribution is 2.29. The van der Waals surface area contributed by atoms with Gasteiger partial charge in [0.2, 0.25) is 0 Å². The SMILES string of the molecule is COC(=O)c1cccc(Cn2c(-c3ccc(C(C)(C)C)cc3)nc3ccccc32)c1. The zero-order chi connectivity index (χ0) is 21.3. The van der Waals surface area contributed by atoms with Gasteiger partial charge in [0.15, 0.2) is 0 Å². The Morgan fingerprint density at radius 2 is 1.70 bits per heavy atom. The fourth-order valence-corrected chi connectivity index (χ4v) is 3.67. The molecule has 0 saturated carbocycles. The van der Waals surface area contributed by atoms with Gasteiger partial charge in [-0.1, -0.05) is 69.3 Å². The Morgan fingerprint density at radius 1 is 0.967 bits per heavy atom. The third-order valence-corrected chi connectivity index (χ3v) is 5.35. The van der Waals surface area contributed by atoms with Gasteiger partial charge in [0, 0.05) is 12.1 Å². The fourth-order valence-electron chi connectivity index (χ4n) is 3.67. The molecule has 1 aromatic heterocycles. The first-order valence-corrected chi connectivity index (χ1v) is 10.1. The van der Waals surface area contributed by atoms with E-state index in [2.05, 4.69) is 55.7 Å². The number of carbonyl (C=O) groups is 1. The van der Waals surface area contributed by atoms with Crippen LogP contribution < -0.4 is 0 Å². The van der Waals surface area contributed by atoms with E-state index in [9.17, 15) is 4.79 Å². The van der Waals surface area contributed by atoms with Gasteiger partial charge in [0.1, 0.15) is 5.82 Å². The van der Waals surface area contributed by atoms with Crippen LogP contribution in [0.3, 0.4) is 0 Å². The van der Waals surface area contributed by atoms with Crippen molar-refractivity contribution in [2.45, 2.75) is 32.7 Å². The van der Waals surface area contributed by atoms with Crippen molar-refractivity contribution in [3.63, 3.8) is 0 Å². The molecule has 0 radical (unpaired) electrons. The predicted molar refractivity (Wildman–Crippen MR) is 121 cm³/mol. The van der Waals surface area contributed by atoms with E-state index in [1.54, 1.807) is 6.07 Å². The lowest BCUT2D eigenvalue weighted by Crippen LogP contribution is -2.10. The van der Waals surface area contributed by atoms with Crippen LogP contribution in [0.5, 0.6) is 0 Å². The van der Waals surface area contributed by atoms with Crippen molar-refractivity contribution in [1.82, 2.24) is 9.55 Å². The van der Waals surface area contributed by atoms with Crippen LogP contribution in [0.4, 0.5) is 0 Å². The average molecular weight is 399 g/mol. The van der Waals surface area contributed by atoms with Crippen LogP contribution in [-0.4, -0.2) is 22.6 Å². The summed E-state index contributed by atoms with van der Waals surface area (Å²) in [4.78, 5) is 16.9. The Balaban J connectivity index is 1.79. The first-order valence-electron chi connectivity index (χ1n) is 10.1. The van der Waals surface area contributed by atoms with E-state index in [0.717, 1.165) is 28.0 Å². The molecule has 0 amide bonds. The average Bonchev–Trinajstić information content (AvgIpc) is 3.11. The topological polar surface area (TPSA) is 44.1 Å². The summed E-state index contributed by atoms with van der Waals surface area (Å²) in [7, 11) is 1.40. The molecule has 3 aromatic carbocycles. The van der Waals surface area contributed by atoms with Crippen LogP contribution in [-0.2, 0) is 16.7 Å². The van der Waals surface area contributed by atoms with Gasteiger partial charge in [-0.15, -0.1) is 0 Å². The normalized spacial score (nSPS) is 11.6. The molecule has 4 nitrogen and oxygen atoms in total. The molecule has 0 aliphatic heterocycles. The summed E-state index contributed by atoms with van der Waals surface area (Å²) in [6.07, 6.45) is 0. The highest BCUT2D eigenvalue weighted by atomic mass is 16.5. The highest BCUT2D eigenvalue weighted by Gasteiger charge is 2.16. The number of rotatable bonds is 4. The number of benzene rings is 3. The van der Waals surface area contributed by atoms with Crippen molar-refractivity contribution >= 4 is 17.0 Å². The molecule has 0 fully saturated rings. The van der Waals surface area contributed by atoms with Gasteiger partial charge in [-0.25, -0.2) is 9.78 Å². The standard InChI is InChI=1S/C26H26N2O2/c1-26(2,3)21-14-12-19(13-15-21)24-27-22-10-5-6-11-23(22)28(24)17-18-8-7-9-20(16-18)25(29)30-4/h5-16H,17H2,1-4H3. The van der Waals surface area contributed by atoms with Gasteiger partial charge in [-0.2, -0.15) is 0 Å². The van der Waals surface area contributed by atoms with E-state index in [1.165, 1.54) is 12.7 Å². The number of ether oxygens (including phenoxy) is 1. The van der Waals surface area contributed by atoms with Crippen LogP contribution in [0.15, 0.2) is 72.8 Å². The molecule has 0 unspecified atom stereocenters. The van der Waals surface area contributed by atoms with Crippen molar-refractivity contribution in [3.05, 3.63) is 89.5 Å². The maximum atomic E-state index is 11.9. The van der Waals surface area contributed by atoms with E-state index in [0.29, 0.717) is 12.1 Å². The summed E-state index contributed by atoms with van der Waals surface area (Å²) < 4.78 is 7.08. The van der Waals surface area contributed by atoms with Crippen LogP contribution in [0, 0.1) is 0 Å². The lowest BCUT2D eigenvalue weighted by Gasteiger charge is -2.19. The highest BCUT2D eigenvalue weighted by molar-refractivity contribution is 5.89. The molecule has 30 heavy (non-hydrogen) atoms. The molecule has 152 valence electrons. The summed E-state index contributed by atoms with van der Waals surface area (Å²) in [5.74, 6) is 0.588. The molecule has 4 heteroatoms. The number of methoxy groups -OCH3 is 1. The second-order valence-corrected chi connectivity index (χ2v) is 8.53. The van der Waals surface area contributed by atoms with E-state index in [1.807, 2.05) is 36.4 Å². The first-order chi connectivity index (χ1) is 14.4. The molecular weight excluding hydrogens is 372 g/mol. The lowest BCUT2D eigenvalue weighted by molar-refractivity contribution is 0.0600. The minimum absolute atomic E-state index is 0.104. The van der Waals surface area contributed by atoms with E-state index >= 15 is 0 Å². The van der Waals surface area contributed by atoms with Gasteiger partial charge in [0.05, 0.1) is 23.7 Å². The molecule has 0 aliphatic rings. The Labute approximate surface area is 177 Å².